The van der Waals surface area contributed by atoms with Crippen LogP contribution in [0.2, 0.25) is 0 Å². The van der Waals surface area contributed by atoms with Gasteiger partial charge in [0.2, 0.25) is 16.0 Å². The number of aryl methyl sites for hydroxylation is 3. The van der Waals surface area contributed by atoms with Crippen molar-refractivity contribution in [1.82, 2.24) is 14.3 Å². The molecule has 0 spiro atoms. The molecule has 0 bridgehead atoms. The number of nitrogens with one attached hydrogen (secondary N) is 1. The largest absolute Gasteiger partial charge is 0.354 e. The van der Waals surface area contributed by atoms with Gasteiger partial charge in [0.25, 0.3) is 0 Å². The van der Waals surface area contributed by atoms with E-state index in [0.29, 0.717) is 37.0 Å². The first kappa shape index (κ1) is 20.1. The fourth-order valence-electron chi connectivity index (χ4n) is 4.13. The molecule has 1 fully saturated rings. The Kier molecular flexibility index (Phi) is 5.74. The number of benzene rings is 1. The summed E-state index contributed by atoms with van der Waals surface area (Å²) < 4.78 is 28.0. The van der Waals surface area contributed by atoms with Crippen LogP contribution in [-0.4, -0.2) is 55.4 Å². The number of aromatic nitrogens is 2. The van der Waals surface area contributed by atoms with E-state index in [2.05, 4.69) is 20.2 Å². The second-order valence-corrected chi connectivity index (χ2v) is 9.69. The smallest absolute Gasteiger partial charge is 0.243 e. The molecule has 0 radical (unpaired) electrons. The number of piperazine rings is 1. The van der Waals surface area contributed by atoms with Crippen LogP contribution in [0.5, 0.6) is 0 Å². The molecule has 29 heavy (non-hydrogen) atoms. The fourth-order valence-corrected chi connectivity index (χ4v) is 5.60. The van der Waals surface area contributed by atoms with Gasteiger partial charge in [-0.05, 0) is 62.8 Å². The van der Waals surface area contributed by atoms with Crippen LogP contribution >= 0.6 is 0 Å². The third kappa shape index (κ3) is 4.23. The van der Waals surface area contributed by atoms with Gasteiger partial charge in [0.1, 0.15) is 5.82 Å². The van der Waals surface area contributed by atoms with E-state index in [1.54, 1.807) is 10.4 Å². The molecular formula is C21H29N5O2S. The Morgan fingerprint density at radius 3 is 2.45 bits per heavy atom. The lowest BCUT2D eigenvalue weighted by atomic mass is 9.92. The molecule has 1 saturated heterocycles. The Hall–Kier alpha value is -2.19. The summed E-state index contributed by atoms with van der Waals surface area (Å²) in [5.74, 6) is 1.46. The minimum atomic E-state index is -3.46. The van der Waals surface area contributed by atoms with Gasteiger partial charge in [-0.1, -0.05) is 6.07 Å². The van der Waals surface area contributed by atoms with E-state index in [1.807, 2.05) is 32.0 Å². The Bertz CT molecular complexity index is 985. The van der Waals surface area contributed by atoms with Gasteiger partial charge in [-0.15, -0.1) is 0 Å². The van der Waals surface area contributed by atoms with E-state index in [9.17, 15) is 8.42 Å². The number of hydrogen-bond donors (Lipinski definition) is 1. The van der Waals surface area contributed by atoms with E-state index < -0.39 is 10.0 Å². The van der Waals surface area contributed by atoms with Gasteiger partial charge in [0, 0.05) is 44.5 Å². The first-order chi connectivity index (χ1) is 14.0. The van der Waals surface area contributed by atoms with Gasteiger partial charge in [-0.25, -0.2) is 13.4 Å². The third-order valence-corrected chi connectivity index (χ3v) is 7.59. The highest BCUT2D eigenvalue weighted by Crippen LogP contribution is 2.27. The summed E-state index contributed by atoms with van der Waals surface area (Å²) in [5.41, 5.74) is 3.40. The highest BCUT2D eigenvalue weighted by Gasteiger charge is 2.29. The van der Waals surface area contributed by atoms with Gasteiger partial charge in [0.15, 0.2) is 0 Å². The normalized spacial score (nSPS) is 17.8. The molecule has 0 unspecified atom stereocenters. The van der Waals surface area contributed by atoms with Crippen LogP contribution in [-0.2, 0) is 22.9 Å². The van der Waals surface area contributed by atoms with Crippen molar-refractivity contribution in [3.05, 3.63) is 41.1 Å². The van der Waals surface area contributed by atoms with Crippen LogP contribution < -0.4 is 10.2 Å². The fraction of sp³-hybridized carbons (Fsp3) is 0.524. The summed E-state index contributed by atoms with van der Waals surface area (Å²) in [6.07, 6.45) is 4.37. The van der Waals surface area contributed by atoms with E-state index in [1.165, 1.54) is 17.5 Å². The van der Waals surface area contributed by atoms with Crippen LogP contribution in [0.25, 0.3) is 0 Å². The van der Waals surface area contributed by atoms with Crippen LogP contribution in [0.4, 0.5) is 11.8 Å². The van der Waals surface area contributed by atoms with Crippen molar-refractivity contribution in [2.75, 3.05) is 42.9 Å². The second kappa shape index (κ2) is 8.28. The standard InChI is InChI=1S/C21H29N5O2S/c1-3-22-21-23-16(2)14-20(24-21)25-10-12-26(13-11-25)29(27,28)19-9-8-17-6-4-5-7-18(17)15-19/h8-9,14-15H,3-7,10-13H2,1-2H3,(H,22,23,24). The molecule has 1 aliphatic heterocycles. The summed E-state index contributed by atoms with van der Waals surface area (Å²) in [6.45, 7) is 6.87. The summed E-state index contributed by atoms with van der Waals surface area (Å²) in [5, 5.41) is 3.15. The van der Waals surface area contributed by atoms with Gasteiger partial charge >= 0.3 is 0 Å². The third-order valence-electron chi connectivity index (χ3n) is 5.70. The van der Waals surface area contributed by atoms with Gasteiger partial charge in [-0.3, -0.25) is 0 Å². The molecule has 1 N–H and O–H groups in total. The van der Waals surface area contributed by atoms with Crippen molar-refractivity contribution in [3.8, 4) is 0 Å². The van der Waals surface area contributed by atoms with E-state index in [-0.39, 0.29) is 0 Å². The molecule has 1 aromatic carbocycles. The van der Waals surface area contributed by atoms with Gasteiger partial charge < -0.3 is 10.2 Å². The molecule has 1 aromatic heterocycles. The highest BCUT2D eigenvalue weighted by molar-refractivity contribution is 7.89. The minimum Gasteiger partial charge on any atom is -0.354 e. The van der Waals surface area contributed by atoms with Crippen LogP contribution in [0.1, 0.15) is 36.6 Å². The average Bonchev–Trinajstić information content (AvgIpc) is 2.73. The topological polar surface area (TPSA) is 78.4 Å². The Morgan fingerprint density at radius 2 is 1.72 bits per heavy atom. The maximum absolute atomic E-state index is 13.2. The molecule has 2 aliphatic rings. The highest BCUT2D eigenvalue weighted by atomic mass is 32.2. The monoisotopic (exact) mass is 415 g/mol. The number of rotatable bonds is 5. The lowest BCUT2D eigenvalue weighted by Crippen LogP contribution is -2.49. The predicted molar refractivity (Wildman–Crippen MR) is 115 cm³/mol. The summed E-state index contributed by atoms with van der Waals surface area (Å²) in [7, 11) is -3.46. The molecule has 0 atom stereocenters. The number of anilines is 2. The van der Waals surface area contributed by atoms with Gasteiger partial charge in [0.05, 0.1) is 4.90 Å². The lowest BCUT2D eigenvalue weighted by Gasteiger charge is -2.35. The summed E-state index contributed by atoms with van der Waals surface area (Å²) in [4.78, 5) is 11.5. The molecule has 2 heterocycles. The SMILES string of the molecule is CCNc1nc(C)cc(N2CCN(S(=O)(=O)c3ccc4c(c3)CCCC4)CC2)n1. The van der Waals surface area contributed by atoms with Crippen molar-refractivity contribution in [2.45, 2.75) is 44.4 Å². The Morgan fingerprint density at radius 1 is 1.00 bits per heavy atom. The molecule has 156 valence electrons. The van der Waals surface area contributed by atoms with E-state index in [0.717, 1.165) is 37.3 Å². The van der Waals surface area contributed by atoms with Crippen LogP contribution in [0.15, 0.2) is 29.2 Å². The zero-order chi connectivity index (χ0) is 20.4. The molecule has 4 rings (SSSR count). The second-order valence-electron chi connectivity index (χ2n) is 7.75. The minimum absolute atomic E-state index is 0.430. The number of fused-ring (bicyclic) bond motifs is 1. The quantitative estimate of drug-likeness (QED) is 0.809. The van der Waals surface area contributed by atoms with E-state index >= 15 is 0 Å². The van der Waals surface area contributed by atoms with Gasteiger partial charge in [-0.2, -0.15) is 9.29 Å². The van der Waals surface area contributed by atoms with Crippen LogP contribution in [0, 0.1) is 6.92 Å². The molecule has 0 saturated carbocycles. The van der Waals surface area contributed by atoms with Crippen molar-refractivity contribution in [3.63, 3.8) is 0 Å². The molecule has 0 amide bonds. The lowest BCUT2D eigenvalue weighted by molar-refractivity contribution is 0.383. The zero-order valence-electron chi connectivity index (χ0n) is 17.2. The molecule has 7 nitrogen and oxygen atoms in total. The zero-order valence-corrected chi connectivity index (χ0v) is 18.0. The number of hydrogen-bond acceptors (Lipinski definition) is 6. The van der Waals surface area contributed by atoms with Crippen molar-refractivity contribution in [2.24, 2.45) is 0 Å². The van der Waals surface area contributed by atoms with Crippen molar-refractivity contribution >= 4 is 21.8 Å². The molecular weight excluding hydrogens is 386 g/mol. The van der Waals surface area contributed by atoms with Crippen molar-refractivity contribution in [1.29, 1.82) is 0 Å². The first-order valence-corrected chi connectivity index (χ1v) is 11.9. The summed E-state index contributed by atoms with van der Waals surface area (Å²) >= 11 is 0. The predicted octanol–water partition coefficient (Wildman–Crippen LogP) is 2.61. The first-order valence-electron chi connectivity index (χ1n) is 10.4. The Labute approximate surface area is 173 Å². The average molecular weight is 416 g/mol. The van der Waals surface area contributed by atoms with Crippen LogP contribution in [0.3, 0.4) is 0 Å². The summed E-state index contributed by atoms with van der Waals surface area (Å²) in [6, 6.07) is 7.63. The molecule has 1 aliphatic carbocycles. The molecule has 2 aromatic rings. The Balaban J connectivity index is 1.48. The number of nitrogens with zero attached hydrogens (tertiary/aromatic N) is 4. The van der Waals surface area contributed by atoms with Crippen molar-refractivity contribution < 1.29 is 8.42 Å². The molecule has 8 heteroatoms. The maximum atomic E-state index is 13.2. The maximum Gasteiger partial charge on any atom is 0.243 e. The number of sulfonamides is 1. The van der Waals surface area contributed by atoms with E-state index in [4.69, 9.17) is 0 Å².